The van der Waals surface area contributed by atoms with Gasteiger partial charge in [-0.05, 0) is 38.1 Å². The Morgan fingerprint density at radius 2 is 1.94 bits per heavy atom. The van der Waals surface area contributed by atoms with Gasteiger partial charge in [-0.25, -0.2) is 9.50 Å². The fourth-order valence-corrected chi connectivity index (χ4v) is 4.05. The van der Waals surface area contributed by atoms with Crippen molar-refractivity contribution in [3.63, 3.8) is 0 Å². The van der Waals surface area contributed by atoms with E-state index in [-0.39, 0.29) is 16.9 Å². The molecule has 0 unspecified atom stereocenters. The molecule has 4 heterocycles. The van der Waals surface area contributed by atoms with E-state index in [2.05, 4.69) is 27.2 Å². The molecule has 1 amide bonds. The number of rotatable bonds is 4. The van der Waals surface area contributed by atoms with E-state index in [4.69, 9.17) is 5.73 Å². The molecule has 0 radical (unpaired) electrons. The number of amides is 1. The Labute approximate surface area is 194 Å². The Balaban J connectivity index is 1.64. The monoisotopic (exact) mass is 451 g/mol. The molecule has 0 fully saturated rings. The minimum Gasteiger partial charge on any atom is -0.381 e. The van der Waals surface area contributed by atoms with Crippen LogP contribution in [0.4, 0.5) is 5.82 Å². The maximum absolute atomic E-state index is 13.7. The van der Waals surface area contributed by atoms with Crippen LogP contribution in [0.15, 0.2) is 72.0 Å². The van der Waals surface area contributed by atoms with E-state index >= 15 is 0 Å². The molecule has 9 nitrogen and oxygen atoms in total. The lowest BCUT2D eigenvalue weighted by atomic mass is 10.1. The molecule has 168 valence electrons. The summed E-state index contributed by atoms with van der Waals surface area (Å²) in [5.41, 5.74) is 8.70. The number of nitrogens with one attached hydrogen (secondary N) is 1. The molecule has 0 saturated heterocycles. The van der Waals surface area contributed by atoms with E-state index < -0.39 is 11.9 Å². The van der Waals surface area contributed by atoms with Crippen LogP contribution in [0, 0.1) is 11.8 Å². The Kier molecular flexibility index (Phi) is 5.11. The van der Waals surface area contributed by atoms with Gasteiger partial charge in [0.05, 0.1) is 17.3 Å². The highest BCUT2D eigenvalue weighted by Gasteiger charge is 2.24. The highest BCUT2D eigenvalue weighted by Crippen LogP contribution is 2.21. The maximum Gasteiger partial charge on any atom is 0.280 e. The zero-order valence-corrected chi connectivity index (χ0v) is 18.6. The summed E-state index contributed by atoms with van der Waals surface area (Å²) in [7, 11) is 0. The molecular formula is C25H21N7O2. The van der Waals surface area contributed by atoms with Gasteiger partial charge < -0.3 is 15.5 Å². The number of nitrogen functional groups attached to an aromatic ring is 1. The van der Waals surface area contributed by atoms with Crippen molar-refractivity contribution in [2.45, 2.75) is 19.9 Å². The van der Waals surface area contributed by atoms with Gasteiger partial charge in [0.15, 0.2) is 11.5 Å². The van der Waals surface area contributed by atoms with Gasteiger partial charge in [-0.2, -0.15) is 0 Å². The van der Waals surface area contributed by atoms with Crippen LogP contribution in [-0.4, -0.2) is 29.5 Å². The van der Waals surface area contributed by atoms with E-state index in [1.807, 2.05) is 43.5 Å². The number of aromatic nitrogens is 5. The highest BCUT2D eigenvalue weighted by molar-refractivity contribution is 6.04. The highest BCUT2D eigenvalue weighted by atomic mass is 16.2. The summed E-state index contributed by atoms with van der Waals surface area (Å²) in [5, 5.41) is 7.11. The molecule has 0 aliphatic rings. The third kappa shape index (κ3) is 3.38. The van der Waals surface area contributed by atoms with Gasteiger partial charge in [-0.15, -0.1) is 11.0 Å². The summed E-state index contributed by atoms with van der Waals surface area (Å²) in [6.45, 7) is 3.54. The van der Waals surface area contributed by atoms with Crippen LogP contribution in [0.5, 0.6) is 0 Å². The van der Waals surface area contributed by atoms with Gasteiger partial charge in [0.2, 0.25) is 0 Å². The molecule has 9 heteroatoms. The van der Waals surface area contributed by atoms with Gasteiger partial charge in [0.25, 0.3) is 11.5 Å². The summed E-state index contributed by atoms with van der Waals surface area (Å²) in [5.74, 6) is 5.48. The van der Waals surface area contributed by atoms with Crippen molar-refractivity contribution < 1.29 is 4.79 Å². The minimum absolute atomic E-state index is 0.0764. The number of carbonyl (C=O) groups excluding carboxylic acids is 1. The summed E-state index contributed by atoms with van der Waals surface area (Å²) >= 11 is 0. The van der Waals surface area contributed by atoms with Crippen molar-refractivity contribution in [2.24, 2.45) is 0 Å². The molecule has 4 aromatic heterocycles. The predicted molar refractivity (Wildman–Crippen MR) is 129 cm³/mol. The molecule has 0 aliphatic heterocycles. The minimum atomic E-state index is -0.550. The zero-order chi connectivity index (χ0) is 23.8. The molecule has 0 bridgehead atoms. The summed E-state index contributed by atoms with van der Waals surface area (Å²) in [6, 6.07) is 12.2. The lowest BCUT2D eigenvalue weighted by molar-refractivity contribution is 0.0941. The van der Waals surface area contributed by atoms with Crippen molar-refractivity contribution in [1.29, 1.82) is 0 Å². The third-order valence-corrected chi connectivity index (χ3v) is 5.57. The molecule has 1 aromatic carbocycles. The van der Waals surface area contributed by atoms with Gasteiger partial charge in [0.1, 0.15) is 11.1 Å². The predicted octanol–water partition coefficient (Wildman–Crippen LogP) is 2.58. The van der Waals surface area contributed by atoms with Gasteiger partial charge in [-0.1, -0.05) is 24.1 Å². The van der Waals surface area contributed by atoms with Crippen molar-refractivity contribution in [3.8, 4) is 17.5 Å². The second-order valence-electron chi connectivity index (χ2n) is 7.73. The average molecular weight is 451 g/mol. The molecule has 3 N–H and O–H groups in total. The van der Waals surface area contributed by atoms with Crippen LogP contribution in [0.3, 0.4) is 0 Å². The normalized spacial score (nSPS) is 11.8. The Morgan fingerprint density at radius 1 is 1.15 bits per heavy atom. The molecule has 34 heavy (non-hydrogen) atoms. The lowest BCUT2D eigenvalue weighted by Crippen LogP contribution is -2.33. The maximum atomic E-state index is 13.7. The first kappa shape index (κ1) is 21.0. The first-order valence-electron chi connectivity index (χ1n) is 10.6. The first-order chi connectivity index (χ1) is 16.5. The molecule has 5 rings (SSSR count). The second-order valence-corrected chi connectivity index (χ2v) is 7.73. The summed E-state index contributed by atoms with van der Waals surface area (Å²) in [4.78, 5) is 31.1. The smallest absolute Gasteiger partial charge is 0.280 e. The number of carbonyl (C=O) groups is 1. The number of nitrogens with zero attached hydrogens (tertiary/aromatic N) is 5. The number of anilines is 1. The third-order valence-electron chi connectivity index (χ3n) is 5.57. The van der Waals surface area contributed by atoms with Gasteiger partial charge in [0, 0.05) is 30.5 Å². The Morgan fingerprint density at radius 3 is 2.71 bits per heavy atom. The van der Waals surface area contributed by atoms with Crippen LogP contribution >= 0.6 is 0 Å². The first-order valence-corrected chi connectivity index (χ1v) is 10.6. The number of benzene rings is 1. The lowest BCUT2D eigenvalue weighted by Gasteiger charge is -2.20. The average Bonchev–Trinajstić information content (AvgIpc) is 3.39. The van der Waals surface area contributed by atoms with Crippen molar-refractivity contribution in [2.75, 3.05) is 5.73 Å². The van der Waals surface area contributed by atoms with Crippen LogP contribution < -0.4 is 16.6 Å². The van der Waals surface area contributed by atoms with E-state index in [0.29, 0.717) is 28.1 Å². The van der Waals surface area contributed by atoms with Crippen LogP contribution in [0.1, 0.15) is 41.5 Å². The van der Waals surface area contributed by atoms with Crippen molar-refractivity contribution in [3.05, 3.63) is 94.4 Å². The molecular weight excluding hydrogens is 430 g/mol. The molecule has 0 spiro atoms. The number of fused-ring (bicyclic) bond motifs is 2. The van der Waals surface area contributed by atoms with Crippen molar-refractivity contribution in [1.82, 2.24) is 28.9 Å². The van der Waals surface area contributed by atoms with E-state index in [1.165, 1.54) is 4.52 Å². The second kappa shape index (κ2) is 8.26. The molecule has 0 saturated carbocycles. The molecule has 1 atom stereocenters. The van der Waals surface area contributed by atoms with Gasteiger partial charge >= 0.3 is 0 Å². The fraction of sp³-hybridized carbons (Fsp3) is 0.120. The van der Waals surface area contributed by atoms with Crippen molar-refractivity contribution >= 4 is 22.9 Å². The fourth-order valence-electron chi connectivity index (χ4n) is 4.05. The van der Waals surface area contributed by atoms with E-state index in [0.717, 1.165) is 0 Å². The molecule has 0 aliphatic carbocycles. The summed E-state index contributed by atoms with van der Waals surface area (Å²) in [6.07, 6.45) is 6.85. The topological polar surface area (TPSA) is 112 Å². The van der Waals surface area contributed by atoms with E-state index in [9.17, 15) is 9.59 Å². The largest absolute Gasteiger partial charge is 0.381 e. The Bertz CT molecular complexity index is 1670. The number of hydrogen-bond acceptors (Lipinski definition) is 5. The van der Waals surface area contributed by atoms with Crippen LogP contribution in [0.25, 0.3) is 16.9 Å². The quantitative estimate of drug-likeness (QED) is 0.408. The Hall–Kier alpha value is -4.84. The number of hydrogen-bond donors (Lipinski definition) is 2. The standard InChI is InChI=1S/C25H21N7O2/c1-3-8-17-11-14-30-15-19(32(25(34)21(17)30)18-9-5-4-6-10-18)16(2)28-24(33)20-22(26)29-31-13-7-12-27-23(20)31/h4-7,9-16H,1-2H3,(H2,26,29)(H,28,33)/t16-/m1/s1. The van der Waals surface area contributed by atoms with E-state index in [1.54, 1.807) is 46.6 Å². The number of para-hydroxylation sites is 1. The summed E-state index contributed by atoms with van der Waals surface area (Å²) < 4.78 is 4.79. The number of nitrogens with two attached hydrogens (primary N) is 1. The van der Waals surface area contributed by atoms with Gasteiger partial charge in [-0.3, -0.25) is 14.2 Å². The van der Waals surface area contributed by atoms with Crippen LogP contribution in [0.2, 0.25) is 0 Å². The van der Waals surface area contributed by atoms with Crippen LogP contribution in [-0.2, 0) is 0 Å². The molecule has 5 aromatic rings. The zero-order valence-electron chi connectivity index (χ0n) is 18.6. The SMILES string of the molecule is CC#Cc1ccn2cc([C@@H](C)NC(=O)c3c(N)nn4cccnc34)n(-c3ccccc3)c(=O)c12.